The van der Waals surface area contributed by atoms with Crippen molar-refractivity contribution >= 4 is 32.4 Å². The molecule has 0 spiro atoms. The van der Waals surface area contributed by atoms with Gasteiger partial charge in [0.2, 0.25) is 0 Å². The van der Waals surface area contributed by atoms with E-state index >= 15 is 0 Å². The maximum absolute atomic E-state index is 5.36. The van der Waals surface area contributed by atoms with Crippen molar-refractivity contribution in [3.63, 3.8) is 0 Å². The van der Waals surface area contributed by atoms with E-state index in [4.69, 9.17) is 4.98 Å². The van der Waals surface area contributed by atoms with Gasteiger partial charge in [-0.25, -0.2) is 0 Å². The van der Waals surface area contributed by atoms with Crippen LogP contribution in [-0.4, -0.2) is 4.98 Å². The lowest BCUT2D eigenvalue weighted by Crippen LogP contribution is -2.03. The van der Waals surface area contributed by atoms with Crippen molar-refractivity contribution in [2.75, 3.05) is 0 Å². The van der Waals surface area contributed by atoms with Crippen molar-refractivity contribution in [2.45, 2.75) is 19.3 Å². The highest BCUT2D eigenvalue weighted by Gasteiger charge is 2.14. The fourth-order valence-corrected chi connectivity index (χ4v) is 4.97. The number of aromatic nitrogens is 1. The molecule has 0 aliphatic carbocycles. The molecule has 33 heavy (non-hydrogen) atoms. The van der Waals surface area contributed by atoms with Crippen LogP contribution in [0.2, 0.25) is 0 Å². The Morgan fingerprint density at radius 3 is 1.64 bits per heavy atom. The zero-order valence-electron chi connectivity index (χ0n) is 18.5. The first-order valence-corrected chi connectivity index (χ1v) is 11.7. The van der Waals surface area contributed by atoms with Crippen LogP contribution in [0, 0.1) is 0 Å². The van der Waals surface area contributed by atoms with Gasteiger partial charge in [-0.05, 0) is 58.2 Å². The van der Waals surface area contributed by atoms with E-state index in [2.05, 4.69) is 115 Å². The number of aryl methyl sites for hydroxylation is 2. The molecule has 0 unspecified atom stereocenters. The fourth-order valence-electron chi connectivity index (χ4n) is 4.97. The van der Waals surface area contributed by atoms with Crippen LogP contribution in [0.15, 0.2) is 115 Å². The smallest absolute Gasteiger partial charge is 0.0790 e. The number of hydrogen-bond donors (Lipinski definition) is 0. The fraction of sp³-hybridized carbons (Fsp3) is 0.0938. The zero-order valence-corrected chi connectivity index (χ0v) is 18.5. The number of benzene rings is 5. The molecule has 6 rings (SSSR count). The minimum absolute atomic E-state index is 0.898. The molecular weight excluding hydrogens is 398 g/mol. The highest BCUT2D eigenvalue weighted by atomic mass is 14.7. The average Bonchev–Trinajstić information content (AvgIpc) is 2.89. The van der Waals surface area contributed by atoms with Crippen LogP contribution in [0.4, 0.5) is 0 Å². The van der Waals surface area contributed by atoms with E-state index in [1.165, 1.54) is 49.3 Å². The largest absolute Gasteiger partial charge is 0.252 e. The SMILES string of the molecule is c1ccc(CCc2nc3c4ccccc4c4ccccc4c3cc2Cc2ccccc2)cc1. The number of nitrogens with zero attached hydrogens (tertiary/aromatic N) is 1. The van der Waals surface area contributed by atoms with E-state index < -0.39 is 0 Å². The van der Waals surface area contributed by atoms with Crippen LogP contribution < -0.4 is 0 Å². The molecule has 0 bridgehead atoms. The average molecular weight is 424 g/mol. The molecule has 1 aromatic heterocycles. The number of fused-ring (bicyclic) bond motifs is 6. The summed E-state index contributed by atoms with van der Waals surface area (Å²) in [4.78, 5) is 5.36. The first-order chi connectivity index (χ1) is 16.4. The Bertz CT molecular complexity index is 1570. The summed E-state index contributed by atoms with van der Waals surface area (Å²) < 4.78 is 0. The van der Waals surface area contributed by atoms with E-state index in [1.807, 2.05) is 0 Å². The van der Waals surface area contributed by atoms with Gasteiger partial charge in [0.05, 0.1) is 5.52 Å². The monoisotopic (exact) mass is 423 g/mol. The van der Waals surface area contributed by atoms with E-state index in [0.717, 1.165) is 24.8 Å². The summed E-state index contributed by atoms with van der Waals surface area (Å²) in [6.45, 7) is 0. The number of hydrogen-bond acceptors (Lipinski definition) is 1. The van der Waals surface area contributed by atoms with E-state index in [-0.39, 0.29) is 0 Å². The van der Waals surface area contributed by atoms with Gasteiger partial charge in [0.25, 0.3) is 0 Å². The van der Waals surface area contributed by atoms with Crippen LogP contribution in [0.3, 0.4) is 0 Å². The second-order valence-corrected chi connectivity index (χ2v) is 8.73. The topological polar surface area (TPSA) is 12.9 Å². The second kappa shape index (κ2) is 8.52. The number of rotatable bonds is 5. The van der Waals surface area contributed by atoms with Gasteiger partial charge in [0.1, 0.15) is 0 Å². The molecule has 0 radical (unpaired) electrons. The molecule has 0 aliphatic heterocycles. The second-order valence-electron chi connectivity index (χ2n) is 8.73. The molecule has 5 aromatic carbocycles. The maximum Gasteiger partial charge on any atom is 0.0790 e. The lowest BCUT2D eigenvalue weighted by Gasteiger charge is -2.15. The Balaban J connectivity index is 1.58. The minimum atomic E-state index is 0.898. The van der Waals surface area contributed by atoms with Gasteiger partial charge in [-0.1, -0.05) is 109 Å². The third kappa shape index (κ3) is 3.76. The van der Waals surface area contributed by atoms with Crippen molar-refractivity contribution in [1.82, 2.24) is 4.98 Å². The molecule has 6 aromatic rings. The van der Waals surface area contributed by atoms with Gasteiger partial charge in [-0.2, -0.15) is 0 Å². The summed E-state index contributed by atoms with van der Waals surface area (Å²) in [6, 6.07) is 41.3. The summed E-state index contributed by atoms with van der Waals surface area (Å²) in [6.07, 6.45) is 2.82. The highest BCUT2D eigenvalue weighted by molar-refractivity contribution is 6.24. The van der Waals surface area contributed by atoms with Gasteiger partial charge in [0, 0.05) is 16.5 Å². The third-order valence-electron chi connectivity index (χ3n) is 6.61. The Labute approximate surface area is 194 Å². The standard InChI is InChI=1S/C32H25N/c1-3-11-23(12-4-1)19-20-31-25(21-24-13-5-2-6-14-24)22-30-28-17-8-7-15-26(28)27-16-9-10-18-29(27)32(30)33-31/h1-18,22H,19-21H2. The van der Waals surface area contributed by atoms with Crippen LogP contribution >= 0.6 is 0 Å². The Morgan fingerprint density at radius 1 is 0.455 bits per heavy atom. The van der Waals surface area contributed by atoms with Gasteiger partial charge in [-0.3, -0.25) is 4.98 Å². The summed E-state index contributed by atoms with van der Waals surface area (Å²) in [5.41, 5.74) is 6.32. The Hall–Kier alpha value is -3.97. The van der Waals surface area contributed by atoms with Crippen molar-refractivity contribution in [3.8, 4) is 0 Å². The summed E-state index contributed by atoms with van der Waals surface area (Å²) in [5.74, 6) is 0. The van der Waals surface area contributed by atoms with E-state index in [1.54, 1.807) is 0 Å². The molecule has 1 heteroatoms. The molecule has 0 N–H and O–H groups in total. The van der Waals surface area contributed by atoms with Crippen molar-refractivity contribution < 1.29 is 0 Å². The Morgan fingerprint density at radius 2 is 0.970 bits per heavy atom. The van der Waals surface area contributed by atoms with Crippen LogP contribution in [0.5, 0.6) is 0 Å². The van der Waals surface area contributed by atoms with Crippen molar-refractivity contribution in [1.29, 1.82) is 0 Å². The molecule has 1 heterocycles. The molecule has 158 valence electrons. The molecule has 0 saturated carbocycles. The van der Waals surface area contributed by atoms with Gasteiger partial charge in [-0.15, -0.1) is 0 Å². The van der Waals surface area contributed by atoms with Gasteiger partial charge in [0.15, 0.2) is 0 Å². The molecule has 0 amide bonds. The molecule has 0 fully saturated rings. The van der Waals surface area contributed by atoms with Crippen molar-refractivity contribution in [2.24, 2.45) is 0 Å². The van der Waals surface area contributed by atoms with Crippen LogP contribution in [-0.2, 0) is 19.3 Å². The number of pyridine rings is 1. The minimum Gasteiger partial charge on any atom is -0.252 e. The summed E-state index contributed by atoms with van der Waals surface area (Å²) in [7, 11) is 0. The Kier molecular flexibility index (Phi) is 5.08. The lowest BCUT2D eigenvalue weighted by atomic mass is 9.93. The molecular formula is C32H25N. The summed E-state index contributed by atoms with van der Waals surface area (Å²) >= 11 is 0. The zero-order chi connectivity index (χ0) is 22.0. The lowest BCUT2D eigenvalue weighted by molar-refractivity contribution is 0.899. The predicted molar refractivity (Wildman–Crippen MR) is 140 cm³/mol. The third-order valence-corrected chi connectivity index (χ3v) is 6.61. The quantitative estimate of drug-likeness (QED) is 0.257. The molecule has 0 atom stereocenters. The first-order valence-electron chi connectivity index (χ1n) is 11.7. The normalized spacial score (nSPS) is 11.4. The maximum atomic E-state index is 5.36. The van der Waals surface area contributed by atoms with E-state index in [0.29, 0.717) is 0 Å². The van der Waals surface area contributed by atoms with Crippen LogP contribution in [0.25, 0.3) is 32.4 Å². The molecule has 0 aliphatic rings. The summed E-state index contributed by atoms with van der Waals surface area (Å²) in [5, 5.41) is 6.34. The van der Waals surface area contributed by atoms with Gasteiger partial charge < -0.3 is 0 Å². The highest BCUT2D eigenvalue weighted by Crippen LogP contribution is 2.35. The predicted octanol–water partition coefficient (Wildman–Crippen LogP) is 7.92. The van der Waals surface area contributed by atoms with Gasteiger partial charge >= 0.3 is 0 Å². The molecule has 1 nitrogen and oxygen atoms in total. The molecule has 0 saturated heterocycles. The van der Waals surface area contributed by atoms with Crippen molar-refractivity contribution in [3.05, 3.63) is 138 Å². The van der Waals surface area contributed by atoms with Crippen LogP contribution in [0.1, 0.15) is 22.4 Å². The van der Waals surface area contributed by atoms with E-state index in [9.17, 15) is 0 Å². The first kappa shape index (κ1) is 19.7.